The van der Waals surface area contributed by atoms with E-state index in [0.717, 1.165) is 5.56 Å². The second kappa shape index (κ2) is 5.82. The Labute approximate surface area is 87.4 Å². The second-order valence-electron chi connectivity index (χ2n) is 2.81. The molecule has 0 radical (unpaired) electrons. The third kappa shape index (κ3) is 4.28. The topological polar surface area (TPSA) is 69.6 Å². The highest BCUT2D eigenvalue weighted by Gasteiger charge is 1.93. The number of aliphatic hydroxyl groups is 1. The van der Waals surface area contributed by atoms with Crippen LogP contribution in [0.5, 0.6) is 5.75 Å². The lowest BCUT2D eigenvalue weighted by molar-refractivity contribution is -0.307. The van der Waals surface area contributed by atoms with Crippen LogP contribution in [0.3, 0.4) is 0 Å². The molecule has 0 saturated carbocycles. The van der Waals surface area contributed by atoms with Crippen molar-refractivity contribution in [1.82, 2.24) is 0 Å². The van der Waals surface area contributed by atoms with E-state index >= 15 is 0 Å². The van der Waals surface area contributed by atoms with Crippen LogP contribution in [-0.2, 0) is 4.79 Å². The number of aliphatic carboxylic acids is 1. The molecular weight excluding hydrogens is 196 g/mol. The van der Waals surface area contributed by atoms with Gasteiger partial charge < -0.3 is 19.7 Å². The lowest BCUT2D eigenvalue weighted by Crippen LogP contribution is -2.28. The van der Waals surface area contributed by atoms with Gasteiger partial charge in [-0.1, -0.05) is 24.3 Å². The Kier molecular flexibility index (Phi) is 4.37. The summed E-state index contributed by atoms with van der Waals surface area (Å²) in [6.45, 7) is -0.464. The maximum atomic E-state index is 10.1. The van der Waals surface area contributed by atoms with E-state index in [1.807, 2.05) is 0 Å². The zero-order valence-electron chi connectivity index (χ0n) is 8.05. The molecule has 0 bridgehead atoms. The SMILES string of the molecule is O=C([O-])COc1ccc(/C=C/CO)cc1. The molecule has 0 aromatic heterocycles. The first kappa shape index (κ1) is 11.3. The van der Waals surface area contributed by atoms with Crippen molar-refractivity contribution in [2.24, 2.45) is 0 Å². The summed E-state index contributed by atoms with van der Waals surface area (Å²) in [6, 6.07) is 6.83. The largest absolute Gasteiger partial charge is 0.546 e. The second-order valence-corrected chi connectivity index (χ2v) is 2.81. The van der Waals surface area contributed by atoms with Crippen LogP contribution in [0.2, 0.25) is 0 Å². The fourth-order valence-corrected chi connectivity index (χ4v) is 1.01. The number of carboxylic acids is 1. The molecule has 0 atom stereocenters. The molecule has 1 aromatic rings. The lowest BCUT2D eigenvalue weighted by atomic mass is 10.2. The van der Waals surface area contributed by atoms with Gasteiger partial charge in [0.25, 0.3) is 0 Å². The van der Waals surface area contributed by atoms with Crippen LogP contribution in [0.4, 0.5) is 0 Å². The Hall–Kier alpha value is -1.81. The maximum absolute atomic E-state index is 10.1. The van der Waals surface area contributed by atoms with Crippen molar-refractivity contribution in [2.75, 3.05) is 13.2 Å². The smallest absolute Gasteiger partial charge is 0.128 e. The van der Waals surface area contributed by atoms with Gasteiger partial charge in [-0.2, -0.15) is 0 Å². The molecule has 15 heavy (non-hydrogen) atoms. The Morgan fingerprint density at radius 1 is 1.40 bits per heavy atom. The average molecular weight is 207 g/mol. The van der Waals surface area contributed by atoms with Crippen LogP contribution in [0.1, 0.15) is 5.56 Å². The molecule has 1 N–H and O–H groups in total. The summed E-state index contributed by atoms with van der Waals surface area (Å²) in [5.74, 6) is -0.778. The summed E-state index contributed by atoms with van der Waals surface area (Å²) in [5.41, 5.74) is 0.907. The van der Waals surface area contributed by atoms with Crippen molar-refractivity contribution in [3.05, 3.63) is 35.9 Å². The van der Waals surface area contributed by atoms with E-state index < -0.39 is 12.6 Å². The molecule has 0 aliphatic heterocycles. The number of hydrogen-bond donors (Lipinski definition) is 1. The molecule has 0 unspecified atom stereocenters. The van der Waals surface area contributed by atoms with E-state index in [2.05, 4.69) is 0 Å². The van der Waals surface area contributed by atoms with Gasteiger partial charge in [0.15, 0.2) is 0 Å². The monoisotopic (exact) mass is 207 g/mol. The number of carbonyl (C=O) groups excluding carboxylic acids is 1. The van der Waals surface area contributed by atoms with E-state index in [9.17, 15) is 9.90 Å². The molecule has 4 heteroatoms. The van der Waals surface area contributed by atoms with Gasteiger partial charge in [0.2, 0.25) is 0 Å². The molecule has 0 amide bonds. The minimum atomic E-state index is -1.25. The summed E-state index contributed by atoms with van der Waals surface area (Å²) in [6.07, 6.45) is 3.36. The first-order valence-corrected chi connectivity index (χ1v) is 4.42. The zero-order valence-corrected chi connectivity index (χ0v) is 8.05. The minimum absolute atomic E-state index is 0.0110. The lowest BCUT2D eigenvalue weighted by Gasteiger charge is -2.06. The predicted octanol–water partition coefficient (Wildman–Crippen LogP) is -0.179. The van der Waals surface area contributed by atoms with Gasteiger partial charge in [0.05, 0.1) is 12.6 Å². The molecule has 0 saturated heterocycles. The van der Waals surface area contributed by atoms with Crippen LogP contribution in [0.25, 0.3) is 6.08 Å². The van der Waals surface area contributed by atoms with Crippen molar-refractivity contribution >= 4 is 12.0 Å². The molecule has 0 fully saturated rings. The summed E-state index contributed by atoms with van der Waals surface area (Å²) in [4.78, 5) is 10.1. The zero-order chi connectivity index (χ0) is 11.1. The highest BCUT2D eigenvalue weighted by atomic mass is 16.5. The van der Waals surface area contributed by atoms with Gasteiger partial charge in [-0.05, 0) is 17.7 Å². The highest BCUT2D eigenvalue weighted by molar-refractivity contribution is 5.66. The minimum Gasteiger partial charge on any atom is -0.546 e. The van der Waals surface area contributed by atoms with Crippen LogP contribution >= 0.6 is 0 Å². The third-order valence-electron chi connectivity index (χ3n) is 1.65. The summed E-state index contributed by atoms with van der Waals surface area (Å²) in [7, 11) is 0. The van der Waals surface area contributed by atoms with Gasteiger partial charge in [0.1, 0.15) is 12.4 Å². The number of ether oxygens (including phenoxy) is 1. The van der Waals surface area contributed by atoms with Crippen molar-refractivity contribution in [3.63, 3.8) is 0 Å². The van der Waals surface area contributed by atoms with E-state index in [-0.39, 0.29) is 6.61 Å². The molecular formula is C11H11O4-. The van der Waals surface area contributed by atoms with Crippen molar-refractivity contribution in [2.45, 2.75) is 0 Å². The molecule has 0 heterocycles. The van der Waals surface area contributed by atoms with Crippen LogP contribution < -0.4 is 9.84 Å². The molecule has 4 nitrogen and oxygen atoms in total. The Bertz CT molecular complexity index is 340. The van der Waals surface area contributed by atoms with E-state index in [4.69, 9.17) is 9.84 Å². The van der Waals surface area contributed by atoms with E-state index in [0.29, 0.717) is 5.75 Å². The normalized spacial score (nSPS) is 10.5. The standard InChI is InChI=1S/C11H12O4/c12-7-1-2-9-3-5-10(6-4-9)15-8-11(13)14/h1-6,12H,7-8H2,(H,13,14)/p-1/b2-1+. The maximum Gasteiger partial charge on any atom is 0.128 e. The van der Waals surface area contributed by atoms with E-state index in [1.165, 1.54) is 0 Å². The van der Waals surface area contributed by atoms with Gasteiger partial charge in [0, 0.05) is 0 Å². The van der Waals surface area contributed by atoms with Gasteiger partial charge in [-0.3, -0.25) is 0 Å². The molecule has 80 valence electrons. The summed E-state index contributed by atoms with van der Waals surface area (Å²) < 4.78 is 4.89. The number of hydrogen-bond acceptors (Lipinski definition) is 4. The Morgan fingerprint density at radius 3 is 2.60 bits per heavy atom. The van der Waals surface area contributed by atoms with Crippen LogP contribution in [0, 0.1) is 0 Å². The Balaban J connectivity index is 2.56. The third-order valence-corrected chi connectivity index (χ3v) is 1.65. The number of carbonyl (C=O) groups is 1. The molecule has 0 aliphatic carbocycles. The quantitative estimate of drug-likeness (QED) is 0.727. The molecule has 1 aromatic carbocycles. The summed E-state index contributed by atoms with van der Waals surface area (Å²) >= 11 is 0. The van der Waals surface area contributed by atoms with Gasteiger partial charge in [-0.15, -0.1) is 0 Å². The van der Waals surface area contributed by atoms with E-state index in [1.54, 1.807) is 36.4 Å². The number of rotatable bonds is 5. The Morgan fingerprint density at radius 2 is 2.07 bits per heavy atom. The number of benzene rings is 1. The predicted molar refractivity (Wildman–Crippen MR) is 53.1 cm³/mol. The molecule has 0 spiro atoms. The van der Waals surface area contributed by atoms with Crippen LogP contribution in [0.15, 0.2) is 30.3 Å². The van der Waals surface area contributed by atoms with Crippen molar-refractivity contribution < 1.29 is 19.7 Å². The van der Waals surface area contributed by atoms with Gasteiger partial charge >= 0.3 is 0 Å². The summed E-state index contributed by atoms with van der Waals surface area (Å²) in [5, 5.41) is 18.6. The number of carboxylic acid groups (broad SMARTS) is 1. The fraction of sp³-hybridized carbons (Fsp3) is 0.182. The molecule has 0 aliphatic rings. The first-order chi connectivity index (χ1) is 7.22. The fourth-order valence-electron chi connectivity index (χ4n) is 1.01. The van der Waals surface area contributed by atoms with Gasteiger partial charge in [-0.25, -0.2) is 0 Å². The van der Waals surface area contributed by atoms with Crippen LogP contribution in [-0.4, -0.2) is 24.3 Å². The highest BCUT2D eigenvalue weighted by Crippen LogP contribution is 2.12. The first-order valence-electron chi connectivity index (χ1n) is 4.42. The van der Waals surface area contributed by atoms with Crippen molar-refractivity contribution in [1.29, 1.82) is 0 Å². The average Bonchev–Trinajstić information content (AvgIpc) is 2.25. The molecule has 1 rings (SSSR count). The van der Waals surface area contributed by atoms with Crippen molar-refractivity contribution in [3.8, 4) is 5.75 Å². The number of aliphatic hydroxyl groups excluding tert-OH is 1.